The molecule has 4 rings (SSSR count). The maximum atomic E-state index is 13.0. The Hall–Kier alpha value is -2.79. The van der Waals surface area contributed by atoms with Crippen molar-refractivity contribution in [3.63, 3.8) is 0 Å². The molecule has 2 aromatic heterocycles. The Morgan fingerprint density at radius 2 is 1.72 bits per heavy atom. The first kappa shape index (κ1) is 19.5. The molecule has 0 radical (unpaired) electrons. The Balaban J connectivity index is 1.53. The second-order valence-corrected chi connectivity index (χ2v) is 8.14. The van der Waals surface area contributed by atoms with Gasteiger partial charge in [-0.2, -0.15) is 0 Å². The molecule has 4 nitrogen and oxygen atoms in total. The fourth-order valence-electron chi connectivity index (χ4n) is 3.77. The van der Waals surface area contributed by atoms with E-state index in [1.165, 1.54) is 17.3 Å². The van der Waals surface area contributed by atoms with Gasteiger partial charge in [-0.1, -0.05) is 54.2 Å². The Bertz CT molecular complexity index is 1160. The van der Waals surface area contributed by atoms with Crippen molar-refractivity contribution in [2.24, 2.45) is 0 Å². The molecule has 148 valence electrons. The van der Waals surface area contributed by atoms with E-state index in [4.69, 9.17) is 4.98 Å². The van der Waals surface area contributed by atoms with Gasteiger partial charge in [0.1, 0.15) is 0 Å². The van der Waals surface area contributed by atoms with E-state index in [-0.39, 0.29) is 5.78 Å². The number of rotatable bonds is 7. The summed E-state index contributed by atoms with van der Waals surface area (Å²) >= 11 is 1.52. The number of thioether (sulfide) groups is 1. The van der Waals surface area contributed by atoms with Crippen LogP contribution in [0.2, 0.25) is 0 Å². The predicted octanol–water partition coefficient (Wildman–Crippen LogP) is 5.50. The Labute approximate surface area is 175 Å². The van der Waals surface area contributed by atoms with Crippen LogP contribution in [-0.4, -0.2) is 25.7 Å². The van der Waals surface area contributed by atoms with Crippen LogP contribution in [-0.2, 0) is 13.1 Å². The van der Waals surface area contributed by atoms with Gasteiger partial charge in [-0.25, -0.2) is 4.98 Å². The quantitative estimate of drug-likeness (QED) is 0.302. The molecule has 0 aliphatic rings. The number of imidazole rings is 1. The minimum atomic E-state index is 0.150. The van der Waals surface area contributed by atoms with Crippen LogP contribution < -0.4 is 0 Å². The first-order valence-electron chi connectivity index (χ1n) is 9.90. The first-order valence-corrected chi connectivity index (χ1v) is 10.9. The summed E-state index contributed by atoms with van der Waals surface area (Å²) in [5.41, 5.74) is 6.28. The van der Waals surface area contributed by atoms with Gasteiger partial charge in [-0.05, 0) is 44.5 Å². The molecular weight excluding hydrogens is 378 g/mol. The number of fused-ring (bicyclic) bond motifs is 1. The van der Waals surface area contributed by atoms with Crippen LogP contribution in [0.25, 0.3) is 11.0 Å². The van der Waals surface area contributed by atoms with Gasteiger partial charge in [-0.15, -0.1) is 0 Å². The summed E-state index contributed by atoms with van der Waals surface area (Å²) in [5, 5.41) is 0.903. The topological polar surface area (TPSA) is 39.8 Å². The molecule has 0 amide bonds. The van der Waals surface area contributed by atoms with Crippen molar-refractivity contribution >= 4 is 28.6 Å². The summed E-state index contributed by atoms with van der Waals surface area (Å²) in [7, 11) is 0. The molecule has 0 spiro atoms. The van der Waals surface area contributed by atoms with Crippen molar-refractivity contribution in [3.8, 4) is 0 Å². The van der Waals surface area contributed by atoms with Gasteiger partial charge < -0.3 is 9.13 Å². The lowest BCUT2D eigenvalue weighted by atomic mass is 10.2. The lowest BCUT2D eigenvalue weighted by molar-refractivity contribution is 0.102. The van der Waals surface area contributed by atoms with Crippen molar-refractivity contribution in [1.29, 1.82) is 0 Å². The van der Waals surface area contributed by atoms with Crippen LogP contribution in [0.1, 0.15) is 34.2 Å². The fourth-order valence-corrected chi connectivity index (χ4v) is 4.73. The van der Waals surface area contributed by atoms with E-state index in [9.17, 15) is 4.79 Å². The largest absolute Gasteiger partial charge is 0.344 e. The van der Waals surface area contributed by atoms with E-state index in [1.807, 2.05) is 49.4 Å². The lowest BCUT2D eigenvalue weighted by Gasteiger charge is -2.10. The van der Waals surface area contributed by atoms with E-state index in [2.05, 4.69) is 41.2 Å². The zero-order chi connectivity index (χ0) is 20.4. The minimum Gasteiger partial charge on any atom is -0.344 e. The Morgan fingerprint density at radius 1 is 1.00 bits per heavy atom. The minimum absolute atomic E-state index is 0.150. The number of hydrogen-bond acceptors (Lipinski definition) is 3. The molecule has 2 aromatic carbocycles. The van der Waals surface area contributed by atoms with E-state index in [0.717, 1.165) is 46.2 Å². The normalized spacial score (nSPS) is 11.3. The number of carbonyl (C=O) groups is 1. The van der Waals surface area contributed by atoms with Gasteiger partial charge in [-0.3, -0.25) is 4.79 Å². The second kappa shape index (κ2) is 8.29. The van der Waals surface area contributed by atoms with Crippen LogP contribution in [0.3, 0.4) is 0 Å². The monoisotopic (exact) mass is 403 g/mol. The smallest absolute Gasteiger partial charge is 0.175 e. The maximum Gasteiger partial charge on any atom is 0.175 e. The molecule has 5 heteroatoms. The highest BCUT2D eigenvalue weighted by atomic mass is 32.2. The van der Waals surface area contributed by atoms with E-state index in [1.54, 1.807) is 0 Å². The van der Waals surface area contributed by atoms with Crippen LogP contribution in [0.4, 0.5) is 0 Å². The van der Waals surface area contributed by atoms with Crippen molar-refractivity contribution < 1.29 is 4.79 Å². The average molecular weight is 404 g/mol. The highest BCUT2D eigenvalue weighted by Gasteiger charge is 2.18. The summed E-state index contributed by atoms with van der Waals surface area (Å²) in [6, 6.07) is 20.5. The molecule has 0 aliphatic carbocycles. The van der Waals surface area contributed by atoms with Crippen molar-refractivity contribution in [2.45, 2.75) is 39.0 Å². The zero-order valence-corrected chi connectivity index (χ0v) is 17.9. The zero-order valence-electron chi connectivity index (χ0n) is 17.1. The summed E-state index contributed by atoms with van der Waals surface area (Å²) in [4.78, 5) is 17.7. The third kappa shape index (κ3) is 3.87. The van der Waals surface area contributed by atoms with Gasteiger partial charge >= 0.3 is 0 Å². The fraction of sp³-hybridized carbons (Fsp3) is 0.250. The number of nitrogens with zero attached hydrogens (tertiary/aromatic N) is 3. The Morgan fingerprint density at radius 3 is 2.48 bits per heavy atom. The van der Waals surface area contributed by atoms with Gasteiger partial charge in [0.2, 0.25) is 0 Å². The number of aryl methyl sites for hydroxylation is 2. The number of para-hydroxylation sites is 2. The highest BCUT2D eigenvalue weighted by molar-refractivity contribution is 7.99. The standard InChI is InChI=1S/C24H25N3OS/c1-4-26-22-13-9-8-12-21(22)25-24(26)29-16-23(28)20-14-17(2)27(18(20)3)15-19-10-6-5-7-11-19/h5-14H,4,15-16H2,1-3H3. The molecule has 29 heavy (non-hydrogen) atoms. The average Bonchev–Trinajstić information content (AvgIpc) is 3.24. The third-order valence-electron chi connectivity index (χ3n) is 5.33. The predicted molar refractivity (Wildman–Crippen MR) is 120 cm³/mol. The van der Waals surface area contributed by atoms with Gasteiger partial charge in [0.25, 0.3) is 0 Å². The van der Waals surface area contributed by atoms with Gasteiger partial charge in [0.05, 0.1) is 16.8 Å². The molecule has 4 aromatic rings. The second-order valence-electron chi connectivity index (χ2n) is 7.20. The Kier molecular flexibility index (Phi) is 5.58. The van der Waals surface area contributed by atoms with Crippen molar-refractivity contribution in [2.75, 3.05) is 5.75 Å². The molecule has 0 N–H and O–H groups in total. The number of ketones is 1. The molecule has 0 unspecified atom stereocenters. The molecule has 0 atom stereocenters. The summed E-state index contributed by atoms with van der Waals surface area (Å²) in [5.74, 6) is 0.538. The first-order chi connectivity index (χ1) is 14.1. The highest BCUT2D eigenvalue weighted by Crippen LogP contribution is 2.26. The molecule has 0 fully saturated rings. The number of carbonyl (C=O) groups excluding carboxylic acids is 1. The van der Waals surface area contributed by atoms with E-state index >= 15 is 0 Å². The molecule has 2 heterocycles. The van der Waals surface area contributed by atoms with Gasteiger partial charge in [0, 0.05) is 30.0 Å². The molecule has 0 bridgehead atoms. The van der Waals surface area contributed by atoms with Crippen LogP contribution in [0, 0.1) is 13.8 Å². The summed E-state index contributed by atoms with van der Waals surface area (Å²) < 4.78 is 4.39. The number of aromatic nitrogens is 3. The maximum absolute atomic E-state index is 13.0. The number of benzene rings is 2. The molecule has 0 saturated heterocycles. The van der Waals surface area contributed by atoms with Crippen LogP contribution in [0.5, 0.6) is 0 Å². The van der Waals surface area contributed by atoms with Gasteiger partial charge in [0.15, 0.2) is 10.9 Å². The van der Waals surface area contributed by atoms with Crippen molar-refractivity contribution in [1.82, 2.24) is 14.1 Å². The summed E-state index contributed by atoms with van der Waals surface area (Å²) in [6.07, 6.45) is 0. The molecular formula is C24H25N3OS. The van der Waals surface area contributed by atoms with Crippen molar-refractivity contribution in [3.05, 3.63) is 83.2 Å². The van der Waals surface area contributed by atoms with Crippen LogP contribution in [0.15, 0.2) is 65.8 Å². The molecule has 0 aliphatic heterocycles. The van der Waals surface area contributed by atoms with E-state index in [0.29, 0.717) is 5.75 Å². The SMILES string of the molecule is CCn1c(SCC(=O)c2cc(C)n(Cc3ccccc3)c2C)nc2ccccc21. The summed E-state index contributed by atoms with van der Waals surface area (Å²) in [6.45, 7) is 7.83. The lowest BCUT2D eigenvalue weighted by Crippen LogP contribution is -2.08. The van der Waals surface area contributed by atoms with E-state index < -0.39 is 0 Å². The molecule has 0 saturated carbocycles. The number of hydrogen-bond donors (Lipinski definition) is 0. The third-order valence-corrected chi connectivity index (χ3v) is 6.30. The number of Topliss-reactive ketones (excluding diaryl/α,β-unsaturated/α-hetero) is 1. The van der Waals surface area contributed by atoms with Crippen LogP contribution >= 0.6 is 11.8 Å².